The first-order chi connectivity index (χ1) is 7.29. The van der Waals surface area contributed by atoms with Gasteiger partial charge >= 0.3 is 21.7 Å². The summed E-state index contributed by atoms with van der Waals surface area (Å²) in [6.07, 6.45) is 10.0. The number of hydrogen-bond donors (Lipinski definition) is 0. The third kappa shape index (κ3) is 16.1. The minimum atomic E-state index is 0. The number of allylic oxidation sites excluding steroid dienone is 4. The van der Waals surface area contributed by atoms with Gasteiger partial charge in [0.05, 0.1) is 0 Å². The second kappa shape index (κ2) is 18.1. The van der Waals surface area contributed by atoms with E-state index in [1.54, 1.807) is 0 Å². The molecule has 5 heteroatoms. The van der Waals surface area contributed by atoms with Gasteiger partial charge in [0.25, 0.3) is 0 Å². The second-order valence-electron chi connectivity index (χ2n) is 3.51. The Morgan fingerprint density at radius 1 is 1.05 bits per heavy atom. The Labute approximate surface area is 150 Å². The Balaban J connectivity index is -0.000000110. The first-order valence-corrected chi connectivity index (χ1v) is 5.07. The van der Waals surface area contributed by atoms with E-state index in [9.17, 15) is 0 Å². The van der Waals surface area contributed by atoms with Crippen LogP contribution in [0, 0.1) is 12.6 Å². The van der Waals surface area contributed by atoms with Crippen LogP contribution < -0.4 is 37.2 Å². The first kappa shape index (κ1) is 27.5. The molecule has 1 radical (unpaired) electrons. The Kier molecular flexibility index (Phi) is 26.2. The van der Waals surface area contributed by atoms with Crippen LogP contribution >= 0.6 is 0 Å². The summed E-state index contributed by atoms with van der Waals surface area (Å²) in [5, 5.41) is 0. The normalized spacial score (nSPS) is 9.84. The summed E-state index contributed by atoms with van der Waals surface area (Å²) in [6.45, 7) is 2.08. The Morgan fingerprint density at radius 2 is 1.63 bits per heavy atom. The van der Waals surface area contributed by atoms with Crippen LogP contribution in [0.5, 0.6) is 0 Å². The fourth-order valence-corrected chi connectivity index (χ4v) is 1.18. The summed E-state index contributed by atoms with van der Waals surface area (Å²) in [5.41, 5.74) is 1.24. The van der Waals surface area contributed by atoms with Crippen LogP contribution in [0.4, 0.5) is 0 Å². The third-order valence-corrected chi connectivity index (χ3v) is 1.79. The Hall–Kier alpha value is 0.114. The molecular formula is C14H17Cl3NTi-2. The van der Waals surface area contributed by atoms with Crippen LogP contribution in [0.25, 0.3) is 0 Å². The fourth-order valence-electron chi connectivity index (χ4n) is 1.18. The summed E-state index contributed by atoms with van der Waals surface area (Å²) < 4.78 is 0. The summed E-state index contributed by atoms with van der Waals surface area (Å²) in [4.78, 5) is 2.04. The predicted octanol–water partition coefficient (Wildman–Crippen LogP) is -5.93. The van der Waals surface area contributed by atoms with Crippen LogP contribution in [0.2, 0.25) is 0 Å². The van der Waals surface area contributed by atoms with Gasteiger partial charge in [-0.1, -0.05) is 6.07 Å². The van der Waals surface area contributed by atoms with E-state index < -0.39 is 0 Å². The Bertz CT molecular complexity index is 317. The van der Waals surface area contributed by atoms with E-state index >= 15 is 0 Å². The Morgan fingerprint density at radius 3 is 1.95 bits per heavy atom. The average molecular weight is 354 g/mol. The number of nitrogens with zero attached hydrogens (tertiary/aromatic N) is 1. The molecular weight excluding hydrogens is 336 g/mol. The summed E-state index contributed by atoms with van der Waals surface area (Å²) in [5.74, 6) is 0. The van der Waals surface area contributed by atoms with E-state index in [2.05, 4.69) is 30.8 Å². The zero-order valence-electron chi connectivity index (χ0n) is 11.0. The molecule has 0 bridgehead atoms. The molecule has 1 aromatic rings. The second-order valence-corrected chi connectivity index (χ2v) is 3.51. The molecule has 1 aliphatic rings. The van der Waals surface area contributed by atoms with Gasteiger partial charge in [-0.05, 0) is 14.1 Å². The molecule has 0 aliphatic heterocycles. The summed E-state index contributed by atoms with van der Waals surface area (Å²) in [7, 11) is 4.04. The topological polar surface area (TPSA) is 3.24 Å². The quantitative estimate of drug-likeness (QED) is 0.378. The molecule has 1 aromatic carbocycles. The van der Waals surface area contributed by atoms with Crippen molar-refractivity contribution in [3.8, 4) is 0 Å². The van der Waals surface area contributed by atoms with Gasteiger partial charge in [0.1, 0.15) is 0 Å². The molecule has 0 fully saturated rings. The van der Waals surface area contributed by atoms with Crippen molar-refractivity contribution in [2.75, 3.05) is 14.1 Å². The summed E-state index contributed by atoms with van der Waals surface area (Å²) >= 11 is 0. The van der Waals surface area contributed by atoms with E-state index in [0.717, 1.165) is 6.42 Å². The molecule has 0 saturated heterocycles. The zero-order chi connectivity index (χ0) is 10.9. The van der Waals surface area contributed by atoms with Gasteiger partial charge in [-0.2, -0.15) is 23.8 Å². The third-order valence-electron chi connectivity index (χ3n) is 1.79. The van der Waals surface area contributed by atoms with Crippen molar-refractivity contribution < 1.29 is 58.9 Å². The fraction of sp³-hybridized carbons (Fsp3) is 0.214. The number of halogens is 3. The van der Waals surface area contributed by atoms with Gasteiger partial charge in [0.2, 0.25) is 0 Å². The van der Waals surface area contributed by atoms with Crippen molar-refractivity contribution in [3.63, 3.8) is 0 Å². The van der Waals surface area contributed by atoms with Crippen molar-refractivity contribution in [2.45, 2.75) is 6.42 Å². The molecule has 1 nitrogen and oxygen atoms in total. The molecule has 0 saturated carbocycles. The van der Waals surface area contributed by atoms with Gasteiger partial charge in [0.15, 0.2) is 0 Å². The molecule has 0 aromatic heterocycles. The van der Waals surface area contributed by atoms with Gasteiger partial charge < -0.3 is 42.1 Å². The number of benzene rings is 1. The standard InChI is InChI=1S/C9H12N.C5H5.3ClH.Ti/c1-10(2)8-9-6-4-3-5-7-9;1-2-4-5-3-1;;;;/h3-8H,1-2H3;1-3H,4H2;3*1H;/q2*-1;;;;+3/p-3. The van der Waals surface area contributed by atoms with Gasteiger partial charge in [-0.15, -0.1) is 25.1 Å². The smallest absolute Gasteiger partial charge is 1.00 e. The van der Waals surface area contributed by atoms with Crippen LogP contribution in [-0.4, -0.2) is 19.0 Å². The van der Waals surface area contributed by atoms with Crippen LogP contribution in [-0.2, 0) is 21.7 Å². The molecule has 0 unspecified atom stereocenters. The van der Waals surface area contributed by atoms with E-state index in [1.807, 2.05) is 49.3 Å². The molecule has 105 valence electrons. The molecule has 0 heterocycles. The average Bonchev–Trinajstić information content (AvgIpc) is 2.76. The van der Waals surface area contributed by atoms with Crippen molar-refractivity contribution in [1.82, 2.24) is 4.90 Å². The molecule has 0 spiro atoms. The molecule has 2 rings (SSSR count). The SMILES string of the molecule is CN(C)[CH-]c1ccccc1.[C-]1=CC=CC1.[Cl-].[Cl-].[Cl-].[Ti+3]. The maximum atomic E-state index is 2.99. The molecule has 0 atom stereocenters. The van der Waals surface area contributed by atoms with Crippen molar-refractivity contribution in [1.29, 1.82) is 0 Å². The minimum Gasteiger partial charge on any atom is -1.00 e. The van der Waals surface area contributed by atoms with Crippen LogP contribution in [0.1, 0.15) is 12.0 Å². The minimum absolute atomic E-state index is 0. The van der Waals surface area contributed by atoms with Crippen LogP contribution in [0.3, 0.4) is 0 Å². The maximum Gasteiger partial charge on any atom is 3.00 e. The zero-order valence-corrected chi connectivity index (χ0v) is 14.8. The van der Waals surface area contributed by atoms with E-state index in [1.165, 1.54) is 5.56 Å². The summed E-state index contributed by atoms with van der Waals surface area (Å²) in [6, 6.07) is 10.3. The van der Waals surface area contributed by atoms with Gasteiger partial charge in [-0.3, -0.25) is 6.08 Å². The molecule has 19 heavy (non-hydrogen) atoms. The van der Waals surface area contributed by atoms with Crippen molar-refractivity contribution >= 4 is 0 Å². The van der Waals surface area contributed by atoms with Gasteiger partial charge in [-0.25, -0.2) is 12.2 Å². The van der Waals surface area contributed by atoms with Crippen molar-refractivity contribution in [2.24, 2.45) is 0 Å². The first-order valence-electron chi connectivity index (χ1n) is 5.07. The molecule has 1 aliphatic carbocycles. The van der Waals surface area contributed by atoms with E-state index in [-0.39, 0.29) is 58.9 Å². The molecule has 0 amide bonds. The van der Waals surface area contributed by atoms with Crippen molar-refractivity contribution in [3.05, 3.63) is 66.7 Å². The predicted molar refractivity (Wildman–Crippen MR) is 65.1 cm³/mol. The number of hydrogen-bond acceptors (Lipinski definition) is 1. The van der Waals surface area contributed by atoms with E-state index in [0.29, 0.717) is 0 Å². The number of rotatable bonds is 2. The monoisotopic (exact) mass is 352 g/mol. The molecule has 0 N–H and O–H groups in total. The maximum absolute atomic E-state index is 2.99. The largest absolute Gasteiger partial charge is 3.00 e. The van der Waals surface area contributed by atoms with E-state index in [4.69, 9.17) is 0 Å². The van der Waals surface area contributed by atoms with Gasteiger partial charge in [0, 0.05) is 0 Å². The van der Waals surface area contributed by atoms with Crippen LogP contribution in [0.15, 0.2) is 48.6 Å².